The number of methoxy groups -OCH3 is 2. The normalized spacial score (nSPS) is 18.1. The molecule has 1 N–H and O–H groups in total. The summed E-state index contributed by atoms with van der Waals surface area (Å²) < 4.78 is 10.8. The molecule has 1 heterocycles. The number of thioether (sulfide) groups is 1. The molecule has 110 valence electrons. The van der Waals surface area contributed by atoms with E-state index >= 15 is 0 Å². The molecule has 2 aromatic carbocycles. The first-order chi connectivity index (χ1) is 10.3. The minimum atomic E-state index is -0.646. The summed E-state index contributed by atoms with van der Waals surface area (Å²) in [6.45, 7) is 0. The molecule has 0 saturated heterocycles. The molecule has 0 aromatic heterocycles. The molecule has 21 heavy (non-hydrogen) atoms. The molecular formula is C17H18O3S. The van der Waals surface area contributed by atoms with E-state index in [1.54, 1.807) is 26.0 Å². The van der Waals surface area contributed by atoms with Crippen LogP contribution < -0.4 is 9.47 Å². The van der Waals surface area contributed by atoms with Gasteiger partial charge in [0.1, 0.15) is 11.5 Å². The van der Waals surface area contributed by atoms with Gasteiger partial charge in [-0.05, 0) is 23.8 Å². The Labute approximate surface area is 128 Å². The van der Waals surface area contributed by atoms with Crippen LogP contribution >= 0.6 is 11.8 Å². The predicted molar refractivity (Wildman–Crippen MR) is 84.4 cm³/mol. The van der Waals surface area contributed by atoms with E-state index in [-0.39, 0.29) is 5.92 Å². The first kappa shape index (κ1) is 14.3. The highest BCUT2D eigenvalue weighted by Gasteiger charge is 2.33. The molecule has 2 atom stereocenters. The van der Waals surface area contributed by atoms with E-state index in [1.807, 2.05) is 30.3 Å². The van der Waals surface area contributed by atoms with Crippen molar-refractivity contribution >= 4 is 11.8 Å². The van der Waals surface area contributed by atoms with E-state index in [9.17, 15) is 5.11 Å². The maximum Gasteiger partial charge on any atom is 0.128 e. The first-order valence-corrected chi connectivity index (χ1v) is 7.85. The third-order valence-corrected chi connectivity index (χ3v) is 5.09. The molecule has 2 unspecified atom stereocenters. The Hall–Kier alpha value is -1.65. The quantitative estimate of drug-likeness (QED) is 0.936. The summed E-state index contributed by atoms with van der Waals surface area (Å²) in [7, 11) is 3.23. The van der Waals surface area contributed by atoms with Gasteiger partial charge in [-0.1, -0.05) is 24.3 Å². The molecule has 0 spiro atoms. The average Bonchev–Trinajstić information content (AvgIpc) is 2.97. The molecule has 0 bridgehead atoms. The third kappa shape index (κ3) is 2.49. The lowest BCUT2D eigenvalue weighted by atomic mass is 9.90. The van der Waals surface area contributed by atoms with Gasteiger partial charge < -0.3 is 14.6 Å². The van der Waals surface area contributed by atoms with Crippen LogP contribution in [0.5, 0.6) is 11.5 Å². The molecular weight excluding hydrogens is 284 g/mol. The number of benzene rings is 2. The van der Waals surface area contributed by atoms with Crippen LogP contribution in [0.15, 0.2) is 47.4 Å². The zero-order chi connectivity index (χ0) is 14.8. The predicted octanol–water partition coefficient (Wildman–Crippen LogP) is 3.63. The number of aliphatic hydroxyl groups excluding tert-OH is 1. The second kappa shape index (κ2) is 6.00. The fourth-order valence-electron chi connectivity index (χ4n) is 2.82. The van der Waals surface area contributed by atoms with Crippen molar-refractivity contribution in [1.29, 1.82) is 0 Å². The zero-order valence-electron chi connectivity index (χ0n) is 12.1. The van der Waals surface area contributed by atoms with E-state index in [4.69, 9.17) is 9.47 Å². The fourth-order valence-corrected chi connectivity index (χ4v) is 4.10. The van der Waals surface area contributed by atoms with Crippen molar-refractivity contribution < 1.29 is 14.6 Å². The zero-order valence-corrected chi connectivity index (χ0v) is 12.9. The highest BCUT2D eigenvalue weighted by Crippen LogP contribution is 2.48. The summed E-state index contributed by atoms with van der Waals surface area (Å²) in [4.78, 5) is 1.25. The van der Waals surface area contributed by atoms with E-state index in [1.165, 1.54) is 10.5 Å². The summed E-state index contributed by atoms with van der Waals surface area (Å²) in [6.07, 6.45) is -0.646. The van der Waals surface area contributed by atoms with Crippen LogP contribution in [0.2, 0.25) is 0 Å². The second-order valence-electron chi connectivity index (χ2n) is 4.98. The van der Waals surface area contributed by atoms with Gasteiger partial charge in [0.25, 0.3) is 0 Å². The van der Waals surface area contributed by atoms with Crippen molar-refractivity contribution in [2.45, 2.75) is 16.9 Å². The van der Waals surface area contributed by atoms with Gasteiger partial charge in [0.15, 0.2) is 0 Å². The summed E-state index contributed by atoms with van der Waals surface area (Å²) in [6, 6.07) is 13.8. The van der Waals surface area contributed by atoms with E-state index in [2.05, 4.69) is 12.1 Å². The Balaban J connectivity index is 2.02. The van der Waals surface area contributed by atoms with Crippen molar-refractivity contribution in [2.24, 2.45) is 0 Å². The van der Waals surface area contributed by atoms with Gasteiger partial charge in [0, 0.05) is 16.6 Å². The molecule has 3 rings (SSSR count). The van der Waals surface area contributed by atoms with E-state index in [0.717, 1.165) is 11.3 Å². The molecule has 2 aromatic rings. The molecule has 1 aliphatic heterocycles. The molecule has 0 saturated carbocycles. The van der Waals surface area contributed by atoms with Gasteiger partial charge in [-0.2, -0.15) is 0 Å². The summed E-state index contributed by atoms with van der Waals surface area (Å²) in [5.41, 5.74) is 1.92. The van der Waals surface area contributed by atoms with Crippen LogP contribution in [0.1, 0.15) is 23.1 Å². The largest absolute Gasteiger partial charge is 0.496 e. The Bertz CT molecular complexity index is 619. The van der Waals surface area contributed by atoms with Gasteiger partial charge in [-0.15, -0.1) is 11.8 Å². The van der Waals surface area contributed by atoms with Gasteiger partial charge in [-0.3, -0.25) is 0 Å². The second-order valence-corrected chi connectivity index (χ2v) is 6.04. The lowest BCUT2D eigenvalue weighted by Gasteiger charge is -2.23. The number of fused-ring (bicyclic) bond motifs is 1. The molecule has 4 heteroatoms. The lowest BCUT2D eigenvalue weighted by Crippen LogP contribution is -2.13. The van der Waals surface area contributed by atoms with E-state index < -0.39 is 6.10 Å². The highest BCUT2D eigenvalue weighted by atomic mass is 32.2. The summed E-state index contributed by atoms with van der Waals surface area (Å²) >= 11 is 1.78. The number of aliphatic hydroxyl groups is 1. The molecule has 0 fully saturated rings. The maximum absolute atomic E-state index is 10.9. The van der Waals surface area contributed by atoms with Crippen molar-refractivity contribution in [1.82, 2.24) is 0 Å². The lowest BCUT2D eigenvalue weighted by molar-refractivity contribution is 0.146. The monoisotopic (exact) mass is 302 g/mol. The van der Waals surface area contributed by atoms with Crippen LogP contribution in [0.3, 0.4) is 0 Å². The molecule has 0 aliphatic carbocycles. The van der Waals surface area contributed by atoms with Crippen LogP contribution in [0, 0.1) is 0 Å². The van der Waals surface area contributed by atoms with Crippen molar-refractivity contribution in [3.8, 4) is 11.5 Å². The van der Waals surface area contributed by atoms with Crippen LogP contribution in [-0.4, -0.2) is 25.1 Å². The van der Waals surface area contributed by atoms with Gasteiger partial charge in [0.05, 0.1) is 25.9 Å². The first-order valence-electron chi connectivity index (χ1n) is 6.87. The smallest absolute Gasteiger partial charge is 0.128 e. The van der Waals surface area contributed by atoms with Crippen LogP contribution in [0.25, 0.3) is 0 Å². The van der Waals surface area contributed by atoms with E-state index in [0.29, 0.717) is 11.5 Å². The molecule has 0 amide bonds. The fraction of sp³-hybridized carbons (Fsp3) is 0.294. The summed E-state index contributed by atoms with van der Waals surface area (Å²) in [5, 5.41) is 10.9. The van der Waals surface area contributed by atoms with Crippen molar-refractivity contribution in [2.75, 3.05) is 20.0 Å². The number of hydrogen-bond acceptors (Lipinski definition) is 4. The Morgan fingerprint density at radius 2 is 1.71 bits per heavy atom. The Morgan fingerprint density at radius 3 is 2.38 bits per heavy atom. The minimum absolute atomic E-state index is 0.0522. The Kier molecular flexibility index (Phi) is 4.08. The van der Waals surface area contributed by atoms with Gasteiger partial charge >= 0.3 is 0 Å². The topological polar surface area (TPSA) is 38.7 Å². The van der Waals surface area contributed by atoms with Crippen molar-refractivity contribution in [3.05, 3.63) is 53.6 Å². The van der Waals surface area contributed by atoms with Crippen LogP contribution in [-0.2, 0) is 0 Å². The average molecular weight is 302 g/mol. The van der Waals surface area contributed by atoms with Gasteiger partial charge in [0.2, 0.25) is 0 Å². The van der Waals surface area contributed by atoms with Gasteiger partial charge in [-0.25, -0.2) is 0 Å². The van der Waals surface area contributed by atoms with Crippen LogP contribution in [0.4, 0.5) is 0 Å². The SMILES string of the molecule is COc1cccc(OC)c1C(O)C1CSc2ccccc21. The summed E-state index contributed by atoms with van der Waals surface area (Å²) in [5.74, 6) is 2.24. The maximum atomic E-state index is 10.9. The number of rotatable bonds is 4. The minimum Gasteiger partial charge on any atom is -0.496 e. The Morgan fingerprint density at radius 1 is 1.05 bits per heavy atom. The molecule has 1 aliphatic rings. The molecule has 0 radical (unpaired) electrons. The highest BCUT2D eigenvalue weighted by molar-refractivity contribution is 7.99. The number of ether oxygens (including phenoxy) is 2. The standard InChI is InChI=1S/C17H18O3S/c1-19-13-7-5-8-14(20-2)16(13)17(18)12-10-21-15-9-4-3-6-11(12)15/h3-9,12,17-18H,10H2,1-2H3. The third-order valence-electron chi connectivity index (χ3n) is 3.88. The number of hydrogen-bond donors (Lipinski definition) is 1. The van der Waals surface area contributed by atoms with Crippen molar-refractivity contribution in [3.63, 3.8) is 0 Å². The molecule has 3 nitrogen and oxygen atoms in total.